The van der Waals surface area contributed by atoms with E-state index >= 15 is 0 Å². The molecule has 0 aliphatic heterocycles. The normalized spacial score (nSPS) is 12.1. The van der Waals surface area contributed by atoms with Crippen LogP contribution in [0.4, 0.5) is 17.1 Å². The molecular formula is C39H22N2O2S. The third kappa shape index (κ3) is 3.41. The first kappa shape index (κ1) is 23.9. The lowest BCUT2D eigenvalue weighted by Gasteiger charge is -2.25. The van der Waals surface area contributed by atoms with Crippen LogP contribution < -0.4 is 4.90 Å². The summed E-state index contributed by atoms with van der Waals surface area (Å²) in [6, 6.07) is 44.8. The van der Waals surface area contributed by atoms with Gasteiger partial charge >= 0.3 is 0 Å². The third-order valence-electron chi connectivity index (χ3n) is 8.70. The van der Waals surface area contributed by atoms with Crippen molar-refractivity contribution in [2.24, 2.45) is 0 Å². The molecule has 6 aromatic carbocycles. The van der Waals surface area contributed by atoms with Crippen LogP contribution in [0, 0.1) is 0 Å². The average Bonchev–Trinajstić information content (AvgIpc) is 3.76. The van der Waals surface area contributed by atoms with Crippen LogP contribution in [0.3, 0.4) is 0 Å². The molecule has 4 nitrogen and oxygen atoms in total. The van der Waals surface area contributed by atoms with Crippen LogP contribution in [-0.4, -0.2) is 4.98 Å². The van der Waals surface area contributed by atoms with Crippen molar-refractivity contribution < 1.29 is 8.83 Å². The van der Waals surface area contributed by atoms with Crippen LogP contribution in [0.25, 0.3) is 75.0 Å². The fraction of sp³-hybridized carbons (Fsp3) is 0. The van der Waals surface area contributed by atoms with Crippen molar-refractivity contribution in [2.75, 3.05) is 4.90 Å². The summed E-state index contributed by atoms with van der Waals surface area (Å²) in [6.45, 7) is 0. The minimum atomic E-state index is 0.635. The lowest BCUT2D eigenvalue weighted by atomic mass is 10.1. The SMILES string of the molecule is c1ccc2c(c1)ccc1c3cc(N(c4ccc5oc6ccccc6c5c4)c4ccc5sc6ccccc6c5c4)cnc3oc21. The van der Waals surface area contributed by atoms with Gasteiger partial charge in [-0.1, -0.05) is 66.7 Å². The molecule has 0 saturated heterocycles. The highest BCUT2D eigenvalue weighted by Gasteiger charge is 2.20. The Hall–Kier alpha value is -5.65. The molecule has 4 heterocycles. The Morgan fingerprint density at radius 1 is 0.477 bits per heavy atom. The molecule has 0 amide bonds. The fourth-order valence-electron chi connectivity index (χ4n) is 6.65. The molecule has 0 atom stereocenters. The number of hydrogen-bond donors (Lipinski definition) is 0. The van der Waals surface area contributed by atoms with Gasteiger partial charge in [-0.05, 0) is 66.0 Å². The van der Waals surface area contributed by atoms with Crippen molar-refractivity contribution in [3.05, 3.63) is 134 Å². The summed E-state index contributed by atoms with van der Waals surface area (Å²) in [5, 5.41) is 8.99. The average molecular weight is 583 g/mol. The number of furan rings is 2. The molecule has 10 aromatic rings. The number of hydrogen-bond acceptors (Lipinski definition) is 5. The number of anilines is 3. The summed E-state index contributed by atoms with van der Waals surface area (Å²) in [4.78, 5) is 7.17. The molecule has 0 saturated carbocycles. The number of aromatic nitrogens is 1. The Morgan fingerprint density at radius 3 is 2.11 bits per heavy atom. The summed E-state index contributed by atoms with van der Waals surface area (Å²) in [7, 11) is 0. The van der Waals surface area contributed by atoms with E-state index in [1.807, 2.05) is 29.7 Å². The number of benzene rings is 6. The Bertz CT molecular complexity index is 2640. The van der Waals surface area contributed by atoms with Gasteiger partial charge < -0.3 is 13.7 Å². The molecule has 206 valence electrons. The van der Waals surface area contributed by atoms with E-state index in [0.29, 0.717) is 5.71 Å². The van der Waals surface area contributed by atoms with Crippen LogP contribution in [-0.2, 0) is 0 Å². The fourth-order valence-corrected chi connectivity index (χ4v) is 7.74. The lowest BCUT2D eigenvalue weighted by molar-refractivity contribution is 0.657. The minimum Gasteiger partial charge on any atom is -0.456 e. The highest BCUT2D eigenvalue weighted by molar-refractivity contribution is 7.25. The van der Waals surface area contributed by atoms with E-state index in [-0.39, 0.29) is 0 Å². The molecule has 0 aliphatic rings. The zero-order chi connectivity index (χ0) is 28.8. The van der Waals surface area contributed by atoms with Gasteiger partial charge in [0.05, 0.1) is 17.3 Å². The second-order valence-electron chi connectivity index (χ2n) is 11.2. The first-order valence-corrected chi connectivity index (χ1v) is 15.4. The van der Waals surface area contributed by atoms with E-state index in [2.05, 4.69) is 120 Å². The Morgan fingerprint density at radius 2 is 1.18 bits per heavy atom. The second kappa shape index (κ2) is 8.93. The molecule has 44 heavy (non-hydrogen) atoms. The van der Waals surface area contributed by atoms with Crippen molar-refractivity contribution in [3.63, 3.8) is 0 Å². The molecule has 4 aromatic heterocycles. The van der Waals surface area contributed by atoms with Gasteiger partial charge in [-0.15, -0.1) is 11.3 Å². The largest absolute Gasteiger partial charge is 0.456 e. The molecule has 0 radical (unpaired) electrons. The highest BCUT2D eigenvalue weighted by atomic mass is 32.1. The number of nitrogens with zero attached hydrogens (tertiary/aromatic N) is 2. The maximum Gasteiger partial charge on any atom is 0.227 e. The van der Waals surface area contributed by atoms with Gasteiger partial charge in [-0.25, -0.2) is 4.98 Å². The van der Waals surface area contributed by atoms with Gasteiger partial charge in [-0.2, -0.15) is 0 Å². The maximum atomic E-state index is 6.36. The molecule has 0 spiro atoms. The molecule has 5 heteroatoms. The molecule has 10 rings (SSSR count). The quantitative estimate of drug-likeness (QED) is 0.208. The maximum absolute atomic E-state index is 6.36. The zero-order valence-electron chi connectivity index (χ0n) is 23.3. The van der Waals surface area contributed by atoms with Gasteiger partial charge in [-0.3, -0.25) is 0 Å². The number of rotatable bonds is 3. The van der Waals surface area contributed by atoms with Crippen LogP contribution in [0.2, 0.25) is 0 Å². The number of fused-ring (bicyclic) bond motifs is 11. The summed E-state index contributed by atoms with van der Waals surface area (Å²) < 4.78 is 15.1. The summed E-state index contributed by atoms with van der Waals surface area (Å²) in [5.74, 6) is 0. The van der Waals surface area contributed by atoms with Gasteiger partial charge in [0.25, 0.3) is 0 Å². The van der Waals surface area contributed by atoms with Crippen molar-refractivity contribution in [1.82, 2.24) is 4.98 Å². The third-order valence-corrected chi connectivity index (χ3v) is 9.85. The molecule has 0 unspecified atom stereocenters. The Kier molecular flexibility index (Phi) is 4.84. The molecule has 0 aliphatic carbocycles. The predicted octanol–water partition coefficient (Wildman–Crippen LogP) is 11.9. The summed E-state index contributed by atoms with van der Waals surface area (Å²) >= 11 is 1.83. The first-order chi connectivity index (χ1) is 21.8. The lowest BCUT2D eigenvalue weighted by Crippen LogP contribution is -2.10. The van der Waals surface area contributed by atoms with Gasteiger partial charge in [0.1, 0.15) is 16.7 Å². The van der Waals surface area contributed by atoms with Crippen molar-refractivity contribution in [1.29, 1.82) is 0 Å². The minimum absolute atomic E-state index is 0.635. The van der Waals surface area contributed by atoms with Crippen LogP contribution in [0.1, 0.15) is 0 Å². The highest BCUT2D eigenvalue weighted by Crippen LogP contribution is 2.43. The second-order valence-corrected chi connectivity index (χ2v) is 12.3. The summed E-state index contributed by atoms with van der Waals surface area (Å²) in [6.07, 6.45) is 1.92. The van der Waals surface area contributed by atoms with Gasteiger partial charge in [0.15, 0.2) is 0 Å². The number of thiophene rings is 1. The van der Waals surface area contributed by atoms with Crippen molar-refractivity contribution >= 4 is 103 Å². The molecule has 0 fully saturated rings. The van der Waals surface area contributed by atoms with E-state index in [9.17, 15) is 0 Å². The van der Waals surface area contributed by atoms with Gasteiger partial charge in [0.2, 0.25) is 5.71 Å². The molecule has 0 bridgehead atoms. The number of para-hydroxylation sites is 1. The smallest absolute Gasteiger partial charge is 0.227 e. The van der Waals surface area contributed by atoms with E-state index in [4.69, 9.17) is 13.8 Å². The molecule has 0 N–H and O–H groups in total. The predicted molar refractivity (Wildman–Crippen MR) is 184 cm³/mol. The Labute approximate surface area is 255 Å². The van der Waals surface area contributed by atoms with Crippen molar-refractivity contribution in [2.45, 2.75) is 0 Å². The number of pyridine rings is 1. The zero-order valence-corrected chi connectivity index (χ0v) is 24.1. The topological polar surface area (TPSA) is 42.4 Å². The Balaban J connectivity index is 1.24. The summed E-state index contributed by atoms with van der Waals surface area (Å²) in [5.41, 5.74) is 6.31. The van der Waals surface area contributed by atoms with E-state index in [1.54, 1.807) is 0 Å². The van der Waals surface area contributed by atoms with E-state index in [1.165, 1.54) is 20.2 Å². The van der Waals surface area contributed by atoms with E-state index in [0.717, 1.165) is 66.1 Å². The monoisotopic (exact) mass is 582 g/mol. The first-order valence-electron chi connectivity index (χ1n) is 14.6. The van der Waals surface area contributed by atoms with Crippen molar-refractivity contribution in [3.8, 4) is 0 Å². The standard InChI is InChI=1S/C39H22N2O2S/c1-2-8-27-23(7-1)13-16-30-33-21-26(22-40-39(33)43-38(27)30)41(24-14-17-35-31(19-24)28-9-3-5-11-34(28)42-35)25-15-18-37-32(20-25)29-10-4-6-12-36(29)44-37/h1-22H. The van der Waals surface area contributed by atoms with Gasteiger partial charge in [0, 0.05) is 53.1 Å². The van der Waals surface area contributed by atoms with Crippen LogP contribution in [0.15, 0.2) is 142 Å². The van der Waals surface area contributed by atoms with E-state index < -0.39 is 0 Å². The van der Waals surface area contributed by atoms with Crippen LogP contribution >= 0.6 is 11.3 Å². The molecular weight excluding hydrogens is 561 g/mol. The van der Waals surface area contributed by atoms with Crippen LogP contribution in [0.5, 0.6) is 0 Å².